The van der Waals surface area contributed by atoms with Gasteiger partial charge in [-0.3, -0.25) is 0 Å². The van der Waals surface area contributed by atoms with Crippen molar-refractivity contribution in [2.24, 2.45) is 0 Å². The number of ether oxygens (including phenoxy) is 1. The van der Waals surface area contributed by atoms with E-state index in [0.717, 1.165) is 58.2 Å². The van der Waals surface area contributed by atoms with E-state index in [0.29, 0.717) is 11.6 Å². The Morgan fingerprint density at radius 2 is 1.60 bits per heavy atom. The summed E-state index contributed by atoms with van der Waals surface area (Å²) < 4.78 is 5.41. The fourth-order valence-corrected chi connectivity index (χ4v) is 3.10. The Labute approximate surface area is 149 Å². The molecule has 1 N–H and O–H groups in total. The zero-order valence-corrected chi connectivity index (χ0v) is 15.4. The van der Waals surface area contributed by atoms with Crippen molar-refractivity contribution in [1.82, 2.24) is 19.7 Å². The van der Waals surface area contributed by atoms with E-state index >= 15 is 0 Å². The molecule has 0 spiro atoms. The lowest BCUT2D eigenvalue weighted by Crippen LogP contribution is -2.48. The van der Waals surface area contributed by atoms with Gasteiger partial charge in [0.15, 0.2) is 0 Å². The molecule has 25 heavy (non-hydrogen) atoms. The largest absolute Gasteiger partial charge is 0.479 e. The number of carbonyl (C=O) groups excluding carboxylic acids is 1. The Balaban J connectivity index is 1.66. The van der Waals surface area contributed by atoms with Gasteiger partial charge in [-0.05, 0) is 26.2 Å². The molecule has 3 rings (SSSR count). The molecule has 8 heteroatoms. The fraction of sp³-hybridized carbons (Fsp3) is 0.647. The van der Waals surface area contributed by atoms with Gasteiger partial charge in [-0.2, -0.15) is 4.98 Å². The van der Waals surface area contributed by atoms with Crippen LogP contribution in [0.3, 0.4) is 0 Å². The maximum absolute atomic E-state index is 12.5. The van der Waals surface area contributed by atoms with Crippen LogP contribution in [-0.2, 0) is 0 Å². The number of hydrogen-bond donors (Lipinski definition) is 1. The van der Waals surface area contributed by atoms with Crippen molar-refractivity contribution in [3.05, 3.63) is 12.1 Å². The van der Waals surface area contributed by atoms with E-state index in [1.807, 2.05) is 17.0 Å². The van der Waals surface area contributed by atoms with E-state index in [1.165, 1.54) is 0 Å². The number of nitrogens with zero attached hydrogens (tertiary/aromatic N) is 5. The predicted octanol–water partition coefficient (Wildman–Crippen LogP) is 0.621. The molecule has 0 radical (unpaired) electrons. The highest BCUT2D eigenvalue weighted by atomic mass is 16.5. The van der Waals surface area contributed by atoms with E-state index in [9.17, 15) is 4.79 Å². The summed E-state index contributed by atoms with van der Waals surface area (Å²) in [5, 5.41) is 2.94. The average molecular weight is 348 g/mol. The maximum Gasteiger partial charge on any atom is 0.322 e. The number of aromatic nitrogens is 1. The fourth-order valence-electron chi connectivity index (χ4n) is 3.10. The average Bonchev–Trinajstić information content (AvgIpc) is 2.63. The van der Waals surface area contributed by atoms with Gasteiger partial charge in [0, 0.05) is 52.4 Å². The first-order valence-corrected chi connectivity index (χ1v) is 8.80. The maximum atomic E-state index is 12.5. The van der Waals surface area contributed by atoms with Gasteiger partial charge in [-0.1, -0.05) is 0 Å². The quantitative estimate of drug-likeness (QED) is 0.864. The third kappa shape index (κ3) is 4.32. The number of amides is 2. The molecule has 1 aromatic rings. The van der Waals surface area contributed by atoms with Gasteiger partial charge < -0.3 is 29.7 Å². The number of methoxy groups -OCH3 is 1. The second-order valence-corrected chi connectivity index (χ2v) is 6.74. The Kier molecular flexibility index (Phi) is 5.60. The standard InChI is InChI=1S/C17H28N6O2/c1-20-6-10-22(11-7-20)15-5-4-14(16(19-15)25-3)18-17(24)23-12-8-21(2)9-13-23/h4-5H,6-13H2,1-3H3,(H,18,24). The van der Waals surface area contributed by atoms with Crippen molar-refractivity contribution >= 4 is 17.5 Å². The molecule has 8 nitrogen and oxygen atoms in total. The zero-order chi connectivity index (χ0) is 17.8. The monoisotopic (exact) mass is 348 g/mol. The number of piperazine rings is 2. The van der Waals surface area contributed by atoms with E-state index in [-0.39, 0.29) is 6.03 Å². The predicted molar refractivity (Wildman–Crippen MR) is 98.6 cm³/mol. The SMILES string of the molecule is COc1nc(N2CCN(C)CC2)ccc1NC(=O)N1CCN(C)CC1. The van der Waals surface area contributed by atoms with Crippen molar-refractivity contribution in [1.29, 1.82) is 0 Å². The van der Waals surface area contributed by atoms with E-state index in [4.69, 9.17) is 4.74 Å². The van der Waals surface area contributed by atoms with Gasteiger partial charge in [0.05, 0.1) is 7.11 Å². The molecule has 0 unspecified atom stereocenters. The molecule has 0 aliphatic carbocycles. The van der Waals surface area contributed by atoms with Crippen LogP contribution in [0.4, 0.5) is 16.3 Å². The van der Waals surface area contributed by atoms with Crippen LogP contribution in [-0.4, -0.2) is 99.3 Å². The Bertz CT molecular complexity index is 595. The summed E-state index contributed by atoms with van der Waals surface area (Å²) >= 11 is 0. The number of anilines is 2. The third-order valence-corrected chi connectivity index (χ3v) is 4.90. The Hall–Kier alpha value is -2.06. The lowest BCUT2D eigenvalue weighted by Gasteiger charge is -2.33. The highest BCUT2D eigenvalue weighted by Gasteiger charge is 2.21. The lowest BCUT2D eigenvalue weighted by atomic mass is 10.3. The highest BCUT2D eigenvalue weighted by Crippen LogP contribution is 2.26. The van der Waals surface area contributed by atoms with E-state index < -0.39 is 0 Å². The van der Waals surface area contributed by atoms with Gasteiger partial charge in [-0.25, -0.2) is 4.79 Å². The van der Waals surface area contributed by atoms with Crippen LogP contribution in [0.25, 0.3) is 0 Å². The summed E-state index contributed by atoms with van der Waals surface area (Å²) in [6.07, 6.45) is 0. The summed E-state index contributed by atoms with van der Waals surface area (Å²) in [5.74, 6) is 1.35. The molecule has 2 amide bonds. The van der Waals surface area contributed by atoms with Crippen LogP contribution in [0.2, 0.25) is 0 Å². The first-order chi connectivity index (χ1) is 12.1. The van der Waals surface area contributed by atoms with Crippen molar-refractivity contribution in [2.45, 2.75) is 0 Å². The van der Waals surface area contributed by atoms with Gasteiger partial charge in [0.1, 0.15) is 11.5 Å². The smallest absolute Gasteiger partial charge is 0.322 e. The van der Waals surface area contributed by atoms with E-state index in [2.05, 4.69) is 39.1 Å². The number of carbonyl (C=O) groups is 1. The first kappa shape index (κ1) is 17.8. The summed E-state index contributed by atoms with van der Waals surface area (Å²) in [5.41, 5.74) is 0.615. The van der Waals surface area contributed by atoms with Crippen LogP contribution in [0.1, 0.15) is 0 Å². The highest BCUT2D eigenvalue weighted by molar-refractivity contribution is 5.90. The summed E-state index contributed by atoms with van der Waals surface area (Å²) in [6.45, 7) is 7.18. The molecule has 0 saturated carbocycles. The number of likely N-dealkylation sites (N-methyl/N-ethyl adjacent to an activating group) is 2. The Morgan fingerprint density at radius 3 is 2.20 bits per heavy atom. The molecule has 2 aliphatic rings. The molecule has 0 bridgehead atoms. The lowest BCUT2D eigenvalue weighted by molar-refractivity contribution is 0.164. The van der Waals surface area contributed by atoms with Gasteiger partial charge in [0.2, 0.25) is 5.88 Å². The molecule has 0 aromatic carbocycles. The number of urea groups is 1. The minimum atomic E-state index is -0.0967. The van der Waals surface area contributed by atoms with Crippen molar-refractivity contribution in [3.8, 4) is 5.88 Å². The number of hydrogen-bond acceptors (Lipinski definition) is 6. The molecule has 138 valence electrons. The molecule has 2 aliphatic heterocycles. The number of pyridine rings is 1. The second-order valence-electron chi connectivity index (χ2n) is 6.74. The molecular weight excluding hydrogens is 320 g/mol. The van der Waals surface area contributed by atoms with Gasteiger partial charge in [0.25, 0.3) is 0 Å². The molecule has 3 heterocycles. The number of rotatable bonds is 3. The summed E-state index contributed by atoms with van der Waals surface area (Å²) in [6, 6.07) is 3.74. The minimum Gasteiger partial charge on any atom is -0.479 e. The molecule has 1 aromatic heterocycles. The van der Waals surface area contributed by atoms with Crippen LogP contribution >= 0.6 is 0 Å². The zero-order valence-electron chi connectivity index (χ0n) is 15.4. The normalized spacial score (nSPS) is 19.8. The van der Waals surface area contributed by atoms with Crippen molar-refractivity contribution < 1.29 is 9.53 Å². The molecule has 2 fully saturated rings. The summed E-state index contributed by atoms with van der Waals surface area (Å²) in [7, 11) is 5.78. The molecular formula is C17H28N6O2. The van der Waals surface area contributed by atoms with Crippen LogP contribution in [0.5, 0.6) is 5.88 Å². The number of nitrogens with one attached hydrogen (secondary N) is 1. The molecule has 2 saturated heterocycles. The van der Waals surface area contributed by atoms with Crippen molar-refractivity contribution in [2.75, 3.05) is 83.8 Å². The van der Waals surface area contributed by atoms with Crippen molar-refractivity contribution in [3.63, 3.8) is 0 Å². The topological polar surface area (TPSA) is 64.2 Å². The molecule has 0 atom stereocenters. The van der Waals surface area contributed by atoms with Gasteiger partial charge >= 0.3 is 6.03 Å². The van der Waals surface area contributed by atoms with Gasteiger partial charge in [-0.15, -0.1) is 0 Å². The minimum absolute atomic E-state index is 0.0967. The van der Waals surface area contributed by atoms with Crippen LogP contribution in [0.15, 0.2) is 12.1 Å². The third-order valence-electron chi connectivity index (χ3n) is 4.90. The van der Waals surface area contributed by atoms with Crippen LogP contribution < -0.4 is 15.0 Å². The second kappa shape index (κ2) is 7.88. The summed E-state index contributed by atoms with van der Waals surface area (Å²) in [4.78, 5) is 25.7. The van der Waals surface area contributed by atoms with Crippen LogP contribution in [0, 0.1) is 0 Å². The first-order valence-electron chi connectivity index (χ1n) is 8.80. The Morgan fingerprint density at radius 1 is 1.00 bits per heavy atom. The van der Waals surface area contributed by atoms with E-state index in [1.54, 1.807) is 7.11 Å².